The van der Waals surface area contributed by atoms with E-state index in [4.69, 9.17) is 32.9 Å². The van der Waals surface area contributed by atoms with Crippen molar-refractivity contribution in [3.8, 4) is 0 Å². The van der Waals surface area contributed by atoms with Gasteiger partial charge in [0.2, 0.25) is 0 Å². The normalized spacial score (nSPS) is 19.7. The predicted molar refractivity (Wildman–Crippen MR) is 142 cm³/mol. The molecule has 6 rings (SSSR count). The van der Waals surface area contributed by atoms with Crippen LogP contribution in [0.1, 0.15) is 5.56 Å². The number of nitrogens with two attached hydrogens (primary N) is 4. The average Bonchev–Trinajstić information content (AvgIpc) is 3.61. The quantitative estimate of drug-likeness (QED) is 0.490. The first-order chi connectivity index (χ1) is 16.4. The molecule has 8 nitrogen and oxygen atoms in total. The molecule has 0 saturated carbocycles. The number of rotatable bonds is 1. The predicted octanol–water partition coefficient (Wildman–Crippen LogP) is 3.43. The Hall–Kier alpha value is -4.98. The molecule has 5 heterocycles. The zero-order valence-corrected chi connectivity index (χ0v) is 18.0. The SMILES string of the molecule is Nc1cc(C2=C3C=CC(=N3)C=C3C=CC(=N3)C=C3C=CC(=N3)C=C3C=CC2=N3)c(N)c(N)c1N. The Morgan fingerprint density at radius 3 is 1.74 bits per heavy atom. The van der Waals surface area contributed by atoms with E-state index in [1.807, 2.05) is 66.8 Å². The molecule has 0 aliphatic carbocycles. The van der Waals surface area contributed by atoms with Gasteiger partial charge in [0, 0.05) is 11.1 Å². The molecule has 0 unspecified atom stereocenters. The van der Waals surface area contributed by atoms with E-state index in [2.05, 4.69) is 9.98 Å². The lowest BCUT2D eigenvalue weighted by atomic mass is 9.95. The van der Waals surface area contributed by atoms with E-state index in [1.165, 1.54) is 0 Å². The first-order valence-corrected chi connectivity index (χ1v) is 10.6. The average molecular weight is 445 g/mol. The molecule has 0 fully saturated rings. The fraction of sp³-hybridized carbons (Fsp3) is 0. The summed E-state index contributed by atoms with van der Waals surface area (Å²) in [5.41, 5.74) is 33.4. The highest BCUT2D eigenvalue weighted by molar-refractivity contribution is 6.34. The molecule has 164 valence electrons. The van der Waals surface area contributed by atoms with Gasteiger partial charge in [0.15, 0.2) is 0 Å². The molecule has 0 spiro atoms. The van der Waals surface area contributed by atoms with Crippen LogP contribution in [0, 0.1) is 0 Å². The van der Waals surface area contributed by atoms with Crippen LogP contribution in [0.4, 0.5) is 22.7 Å². The van der Waals surface area contributed by atoms with Gasteiger partial charge in [-0.25, -0.2) is 20.0 Å². The van der Waals surface area contributed by atoms with Gasteiger partial charge in [0.05, 0.1) is 68.4 Å². The van der Waals surface area contributed by atoms with Gasteiger partial charge >= 0.3 is 0 Å². The van der Waals surface area contributed by atoms with E-state index in [0.717, 1.165) is 34.2 Å². The Kier molecular flexibility index (Phi) is 4.21. The topological polar surface area (TPSA) is 154 Å². The van der Waals surface area contributed by atoms with Gasteiger partial charge in [-0.3, -0.25) is 0 Å². The molecule has 8 N–H and O–H groups in total. The summed E-state index contributed by atoms with van der Waals surface area (Å²) >= 11 is 0. The smallest absolute Gasteiger partial charge is 0.0809 e. The summed E-state index contributed by atoms with van der Waals surface area (Å²) in [4.78, 5) is 19.0. The van der Waals surface area contributed by atoms with Crippen molar-refractivity contribution in [3.63, 3.8) is 0 Å². The summed E-state index contributed by atoms with van der Waals surface area (Å²) in [6, 6.07) is 1.72. The summed E-state index contributed by atoms with van der Waals surface area (Å²) in [5.74, 6) is 0. The first kappa shape index (κ1) is 19.7. The molecule has 8 bridgehead atoms. The fourth-order valence-electron chi connectivity index (χ4n) is 4.13. The number of hydrogen-bond acceptors (Lipinski definition) is 8. The maximum Gasteiger partial charge on any atom is 0.0809 e. The fourth-order valence-corrected chi connectivity index (χ4v) is 4.13. The molecule has 8 heteroatoms. The second kappa shape index (κ2) is 7.28. The van der Waals surface area contributed by atoms with Crippen LogP contribution in [-0.4, -0.2) is 22.8 Å². The minimum absolute atomic E-state index is 0.240. The van der Waals surface area contributed by atoms with Gasteiger partial charge in [0.25, 0.3) is 0 Å². The lowest BCUT2D eigenvalue weighted by molar-refractivity contribution is 1.41. The van der Waals surface area contributed by atoms with Crippen LogP contribution in [-0.2, 0) is 0 Å². The van der Waals surface area contributed by atoms with Crippen molar-refractivity contribution in [3.05, 3.63) is 101 Å². The van der Waals surface area contributed by atoms with E-state index >= 15 is 0 Å². The van der Waals surface area contributed by atoms with E-state index in [1.54, 1.807) is 6.07 Å². The van der Waals surface area contributed by atoms with E-state index in [0.29, 0.717) is 33.9 Å². The highest BCUT2D eigenvalue weighted by Gasteiger charge is 2.23. The Bertz CT molecular complexity index is 1560. The van der Waals surface area contributed by atoms with Crippen LogP contribution in [0.3, 0.4) is 0 Å². The monoisotopic (exact) mass is 444 g/mol. The zero-order valence-electron chi connectivity index (χ0n) is 18.0. The Balaban J connectivity index is 1.60. The van der Waals surface area contributed by atoms with Gasteiger partial charge in [-0.05, 0) is 72.9 Å². The van der Waals surface area contributed by atoms with Gasteiger partial charge in [-0.15, -0.1) is 0 Å². The Labute approximate surface area is 195 Å². The molecule has 0 saturated heterocycles. The highest BCUT2D eigenvalue weighted by atomic mass is 14.9. The first-order valence-electron chi connectivity index (χ1n) is 10.6. The number of benzene rings is 1. The van der Waals surface area contributed by atoms with Crippen LogP contribution in [0.5, 0.6) is 0 Å². The van der Waals surface area contributed by atoms with E-state index in [-0.39, 0.29) is 11.4 Å². The van der Waals surface area contributed by atoms with Gasteiger partial charge in [-0.2, -0.15) is 0 Å². The summed E-state index contributed by atoms with van der Waals surface area (Å²) in [6.45, 7) is 0. The molecule has 0 aromatic heterocycles. The molecule has 0 amide bonds. The maximum atomic E-state index is 6.41. The Morgan fingerprint density at radius 1 is 0.500 bits per heavy atom. The molecule has 0 atom stereocenters. The van der Waals surface area contributed by atoms with E-state index < -0.39 is 0 Å². The highest BCUT2D eigenvalue weighted by Crippen LogP contribution is 2.39. The third-order valence-corrected chi connectivity index (χ3v) is 5.84. The number of fused-ring (bicyclic) bond motifs is 4. The van der Waals surface area contributed by atoms with Crippen molar-refractivity contribution in [1.29, 1.82) is 0 Å². The number of anilines is 4. The van der Waals surface area contributed by atoms with Crippen molar-refractivity contribution < 1.29 is 0 Å². The minimum Gasteiger partial charge on any atom is -0.397 e. The molecular formula is C26H20N8. The molecule has 1 aromatic carbocycles. The van der Waals surface area contributed by atoms with Crippen molar-refractivity contribution in [1.82, 2.24) is 0 Å². The molecular weight excluding hydrogens is 424 g/mol. The van der Waals surface area contributed by atoms with Gasteiger partial charge in [0.1, 0.15) is 0 Å². The largest absolute Gasteiger partial charge is 0.397 e. The third kappa shape index (κ3) is 3.25. The standard InChI is InChI=1S/C26H20N8/c27-20-12-19(24(28)26(30)25(20)29)23-21-7-5-17(33-21)10-15-3-1-13(31-15)9-14-2-4-16(32-14)11-18-6-8-22(23)34-18/h1-12H,27-30H2. The number of nitrogens with zero attached hydrogens (tertiary/aromatic N) is 4. The lowest BCUT2D eigenvalue weighted by Gasteiger charge is -2.16. The molecule has 5 aliphatic rings. The van der Waals surface area contributed by atoms with Crippen molar-refractivity contribution in [2.75, 3.05) is 22.9 Å². The van der Waals surface area contributed by atoms with Crippen molar-refractivity contribution in [2.45, 2.75) is 0 Å². The van der Waals surface area contributed by atoms with Gasteiger partial charge < -0.3 is 22.9 Å². The van der Waals surface area contributed by atoms with Crippen molar-refractivity contribution in [2.24, 2.45) is 20.0 Å². The molecule has 1 aromatic rings. The van der Waals surface area contributed by atoms with Crippen LogP contribution in [0.25, 0.3) is 5.57 Å². The van der Waals surface area contributed by atoms with Crippen LogP contribution in [0.2, 0.25) is 0 Å². The van der Waals surface area contributed by atoms with Crippen molar-refractivity contribution >= 4 is 51.2 Å². The van der Waals surface area contributed by atoms with E-state index in [9.17, 15) is 0 Å². The number of allylic oxidation sites excluding steroid dienone is 12. The molecule has 5 aliphatic heterocycles. The van der Waals surface area contributed by atoms with Crippen LogP contribution < -0.4 is 22.9 Å². The van der Waals surface area contributed by atoms with Gasteiger partial charge in [-0.1, -0.05) is 0 Å². The number of hydrogen-bond donors (Lipinski definition) is 4. The second-order valence-electron chi connectivity index (χ2n) is 8.16. The third-order valence-electron chi connectivity index (χ3n) is 5.84. The van der Waals surface area contributed by atoms with Crippen LogP contribution >= 0.6 is 0 Å². The zero-order chi connectivity index (χ0) is 23.4. The summed E-state index contributed by atoms with van der Waals surface area (Å²) in [5, 5.41) is 0. The molecule has 0 radical (unpaired) electrons. The molecule has 34 heavy (non-hydrogen) atoms. The summed E-state index contributed by atoms with van der Waals surface area (Å²) in [7, 11) is 0. The number of aliphatic imine (C=N–C) groups is 4. The van der Waals surface area contributed by atoms with Crippen LogP contribution in [0.15, 0.2) is 116 Å². The Morgan fingerprint density at radius 2 is 1.06 bits per heavy atom. The second-order valence-corrected chi connectivity index (χ2v) is 8.16. The lowest BCUT2D eigenvalue weighted by Crippen LogP contribution is -2.10. The number of nitrogen functional groups attached to an aromatic ring is 4. The maximum absolute atomic E-state index is 6.41. The summed E-state index contributed by atoms with van der Waals surface area (Å²) < 4.78 is 0. The minimum atomic E-state index is 0.240. The summed E-state index contributed by atoms with van der Waals surface area (Å²) in [6.07, 6.45) is 21.3.